The normalized spacial score (nSPS) is 15.8. The zero-order chi connectivity index (χ0) is 23.5. The van der Waals surface area contributed by atoms with E-state index in [9.17, 15) is 14.7 Å². The van der Waals surface area contributed by atoms with Gasteiger partial charge in [-0.25, -0.2) is 9.78 Å². The van der Waals surface area contributed by atoms with Crippen molar-refractivity contribution in [2.45, 2.75) is 19.5 Å². The van der Waals surface area contributed by atoms with Crippen LogP contribution in [0.5, 0.6) is 5.75 Å². The minimum absolute atomic E-state index is 0.153. The maximum Gasteiger partial charge on any atom is 0.328 e. The van der Waals surface area contributed by atoms with Crippen LogP contribution in [0.3, 0.4) is 0 Å². The topological polar surface area (TPSA) is 104 Å². The van der Waals surface area contributed by atoms with Gasteiger partial charge in [-0.3, -0.25) is 14.3 Å². The number of aromatic amines is 1. The number of hydrogen-bond donors (Lipinski definition) is 2. The summed E-state index contributed by atoms with van der Waals surface area (Å²) in [6, 6.07) is 10.0. The second-order valence-corrected chi connectivity index (χ2v) is 8.41. The predicted molar refractivity (Wildman–Crippen MR) is 124 cm³/mol. The molecule has 0 radical (unpaired) electrons. The maximum absolute atomic E-state index is 12.7. The molecule has 34 heavy (non-hydrogen) atoms. The van der Waals surface area contributed by atoms with Crippen LogP contribution in [0.2, 0.25) is 0 Å². The molecule has 0 aliphatic carbocycles. The Morgan fingerprint density at radius 1 is 1.09 bits per heavy atom. The molecular formula is C25H25N5O4. The van der Waals surface area contributed by atoms with Gasteiger partial charge in [-0.1, -0.05) is 24.0 Å². The number of ether oxygens (including phenoxy) is 1. The van der Waals surface area contributed by atoms with Crippen LogP contribution in [-0.2, 0) is 24.2 Å². The highest BCUT2D eigenvalue weighted by molar-refractivity contribution is 5.81. The monoisotopic (exact) mass is 459 g/mol. The van der Waals surface area contributed by atoms with E-state index >= 15 is 0 Å². The number of benzene rings is 1. The number of amides is 1. The number of carbonyl (C=O) groups excluding carboxylic acids is 1. The predicted octanol–water partition coefficient (Wildman–Crippen LogP) is 1.54. The summed E-state index contributed by atoms with van der Waals surface area (Å²) in [5, 5.41) is 9.81. The first-order valence-corrected chi connectivity index (χ1v) is 11.2. The Morgan fingerprint density at radius 3 is 2.62 bits per heavy atom. The SMILES string of the molecule is O=C1N(CCc2nc[nH]c(=O)c2O)Cc2cc(C#Cc3ccc(CN4CCOCC4)cc3)cn21. The number of fused-ring (bicyclic) bond motifs is 1. The lowest BCUT2D eigenvalue weighted by atomic mass is 10.1. The van der Waals surface area contributed by atoms with E-state index in [1.165, 1.54) is 11.9 Å². The van der Waals surface area contributed by atoms with E-state index in [2.05, 4.69) is 38.8 Å². The number of nitrogens with zero attached hydrogens (tertiary/aromatic N) is 4. The van der Waals surface area contributed by atoms with Gasteiger partial charge in [0.1, 0.15) is 0 Å². The molecule has 0 saturated carbocycles. The summed E-state index contributed by atoms with van der Waals surface area (Å²) >= 11 is 0. The van der Waals surface area contributed by atoms with Crippen LogP contribution in [0.15, 0.2) is 47.7 Å². The zero-order valence-corrected chi connectivity index (χ0v) is 18.7. The lowest BCUT2D eigenvalue weighted by molar-refractivity contribution is 0.0342. The van der Waals surface area contributed by atoms with Gasteiger partial charge in [0.15, 0.2) is 0 Å². The van der Waals surface area contributed by atoms with Crippen molar-refractivity contribution in [2.24, 2.45) is 0 Å². The highest BCUT2D eigenvalue weighted by atomic mass is 16.5. The summed E-state index contributed by atoms with van der Waals surface area (Å²) in [5.74, 6) is 5.92. The van der Waals surface area contributed by atoms with Gasteiger partial charge in [0.25, 0.3) is 5.56 Å². The summed E-state index contributed by atoms with van der Waals surface area (Å²) in [6.07, 6.45) is 3.29. The first-order valence-electron chi connectivity index (χ1n) is 11.2. The minimum Gasteiger partial charge on any atom is -0.502 e. The van der Waals surface area contributed by atoms with Crippen molar-refractivity contribution in [1.82, 2.24) is 24.3 Å². The van der Waals surface area contributed by atoms with Crippen molar-refractivity contribution in [3.63, 3.8) is 0 Å². The van der Waals surface area contributed by atoms with Gasteiger partial charge in [0, 0.05) is 55.6 Å². The van der Waals surface area contributed by atoms with E-state index in [0.29, 0.717) is 19.5 Å². The lowest BCUT2D eigenvalue weighted by Gasteiger charge is -2.26. The van der Waals surface area contributed by atoms with Crippen LogP contribution in [0.1, 0.15) is 28.1 Å². The fraction of sp³-hybridized carbons (Fsp3) is 0.320. The number of aromatic hydroxyl groups is 1. The second kappa shape index (κ2) is 9.55. The Hall–Kier alpha value is -3.87. The number of morpholine rings is 1. The van der Waals surface area contributed by atoms with Crippen molar-refractivity contribution in [3.8, 4) is 17.6 Å². The third-order valence-electron chi connectivity index (χ3n) is 6.07. The summed E-state index contributed by atoms with van der Waals surface area (Å²) in [7, 11) is 0. The van der Waals surface area contributed by atoms with Crippen molar-refractivity contribution >= 4 is 6.03 Å². The summed E-state index contributed by atoms with van der Waals surface area (Å²) < 4.78 is 6.99. The third kappa shape index (κ3) is 4.73. The first-order chi connectivity index (χ1) is 16.6. The fourth-order valence-electron chi connectivity index (χ4n) is 4.18. The largest absolute Gasteiger partial charge is 0.502 e. The minimum atomic E-state index is -0.584. The van der Waals surface area contributed by atoms with Crippen molar-refractivity contribution in [1.29, 1.82) is 0 Å². The molecule has 2 aliphatic heterocycles. The van der Waals surface area contributed by atoms with Crippen LogP contribution in [-0.4, -0.2) is 68.3 Å². The second-order valence-electron chi connectivity index (χ2n) is 8.41. The van der Waals surface area contributed by atoms with Gasteiger partial charge in [-0.2, -0.15) is 0 Å². The Kier molecular flexibility index (Phi) is 6.16. The van der Waals surface area contributed by atoms with E-state index < -0.39 is 11.3 Å². The molecule has 2 aliphatic rings. The summed E-state index contributed by atoms with van der Waals surface area (Å²) in [5.41, 5.74) is 3.52. The molecule has 1 saturated heterocycles. The zero-order valence-electron chi connectivity index (χ0n) is 18.7. The number of hydrogen-bond acceptors (Lipinski definition) is 6. The van der Waals surface area contributed by atoms with Crippen LogP contribution < -0.4 is 5.56 Å². The van der Waals surface area contributed by atoms with Crippen molar-refractivity contribution in [3.05, 3.63) is 81.3 Å². The van der Waals surface area contributed by atoms with E-state index in [0.717, 1.165) is 49.7 Å². The molecule has 5 rings (SSSR count). The van der Waals surface area contributed by atoms with Crippen LogP contribution in [0.25, 0.3) is 0 Å². The number of rotatable bonds is 5. The third-order valence-corrected chi connectivity index (χ3v) is 6.07. The van der Waals surface area contributed by atoms with Gasteiger partial charge >= 0.3 is 6.03 Å². The van der Waals surface area contributed by atoms with E-state index in [1.807, 2.05) is 18.2 Å². The molecule has 0 spiro atoms. The van der Waals surface area contributed by atoms with E-state index in [1.54, 1.807) is 15.7 Å². The number of carbonyl (C=O) groups is 1. The van der Waals surface area contributed by atoms with Crippen molar-refractivity contribution < 1.29 is 14.6 Å². The molecule has 0 atom stereocenters. The number of nitrogens with one attached hydrogen (secondary N) is 1. The van der Waals surface area contributed by atoms with Crippen LogP contribution in [0, 0.1) is 11.8 Å². The molecule has 9 nitrogen and oxygen atoms in total. The Bertz CT molecular complexity index is 1310. The molecule has 0 bridgehead atoms. The Labute approximate surface area is 196 Å². The Morgan fingerprint density at radius 2 is 1.85 bits per heavy atom. The average Bonchev–Trinajstić information content (AvgIpc) is 3.38. The first kappa shape index (κ1) is 21.9. The van der Waals surface area contributed by atoms with Crippen LogP contribution >= 0.6 is 0 Å². The van der Waals surface area contributed by atoms with Crippen LogP contribution in [0.4, 0.5) is 4.79 Å². The molecule has 1 amide bonds. The van der Waals surface area contributed by atoms with Gasteiger partial charge in [0.2, 0.25) is 5.75 Å². The van der Waals surface area contributed by atoms with Gasteiger partial charge < -0.3 is 19.7 Å². The molecule has 174 valence electrons. The van der Waals surface area contributed by atoms with E-state index in [4.69, 9.17) is 4.74 Å². The molecule has 2 aromatic heterocycles. The fourth-order valence-corrected chi connectivity index (χ4v) is 4.18. The molecule has 3 aromatic rings. The smallest absolute Gasteiger partial charge is 0.328 e. The molecule has 2 N–H and O–H groups in total. The highest BCUT2D eigenvalue weighted by Crippen LogP contribution is 2.20. The molecule has 4 heterocycles. The standard InChI is InChI=1S/C25H25N5O4/c31-23-22(26-17-27-24(23)32)7-8-29-16-21-13-20(15-30(21)25(29)33)6-3-18-1-4-19(5-2-18)14-28-9-11-34-12-10-28/h1-2,4-5,13,15,17,31H,7-12,14,16H2,(H,26,27,32). The summed E-state index contributed by atoms with van der Waals surface area (Å²) in [6.45, 7) is 5.22. The van der Waals surface area contributed by atoms with E-state index in [-0.39, 0.29) is 11.7 Å². The quantitative estimate of drug-likeness (QED) is 0.561. The number of H-pyrrole nitrogens is 1. The van der Waals surface area contributed by atoms with Gasteiger partial charge in [0.05, 0.1) is 31.8 Å². The summed E-state index contributed by atoms with van der Waals surface area (Å²) in [4.78, 5) is 34.6. The average molecular weight is 460 g/mol. The molecule has 9 heteroatoms. The lowest BCUT2D eigenvalue weighted by Crippen LogP contribution is -2.35. The maximum atomic E-state index is 12.7. The number of aromatic nitrogens is 3. The molecule has 0 unspecified atom stereocenters. The Balaban J connectivity index is 1.19. The molecule has 1 aromatic carbocycles. The molecular weight excluding hydrogens is 434 g/mol. The molecule has 1 fully saturated rings. The van der Waals surface area contributed by atoms with Crippen molar-refractivity contribution in [2.75, 3.05) is 32.8 Å². The highest BCUT2D eigenvalue weighted by Gasteiger charge is 2.27. The van der Waals surface area contributed by atoms with Gasteiger partial charge in [-0.15, -0.1) is 0 Å². The van der Waals surface area contributed by atoms with Gasteiger partial charge in [-0.05, 0) is 23.8 Å².